The number of aliphatic hydroxyl groups excluding tert-OH is 1. The quantitative estimate of drug-likeness (QED) is 0.366. The van der Waals surface area contributed by atoms with E-state index in [2.05, 4.69) is 6.58 Å². The molecular weight excluding hydrogens is 150 g/mol. The molecule has 1 amide bonds. The van der Waals surface area contributed by atoms with Gasteiger partial charge in [-0.3, -0.25) is 9.59 Å². The van der Waals surface area contributed by atoms with E-state index in [-0.39, 0.29) is 5.57 Å². The maximum Gasteiger partial charge on any atom is 0.308 e. The molecule has 0 aromatic heterocycles. The van der Waals surface area contributed by atoms with Gasteiger partial charge in [0, 0.05) is 5.57 Å². The molecule has 0 fully saturated rings. The van der Waals surface area contributed by atoms with Gasteiger partial charge in [-0.1, -0.05) is 6.58 Å². The monoisotopic (exact) mass is 159 g/mol. The Morgan fingerprint density at radius 3 is 2.36 bits per heavy atom. The summed E-state index contributed by atoms with van der Waals surface area (Å²) in [5.74, 6) is -1.77. The number of hydrogen-bond acceptors (Lipinski definition) is 3. The summed E-state index contributed by atoms with van der Waals surface area (Å²) in [5.41, 5.74) is -0.0773. The zero-order chi connectivity index (χ0) is 8.85. The number of hydrogen-bond donors (Lipinski definition) is 3. The molecule has 0 rings (SSSR count). The largest absolute Gasteiger partial charge is 0.481 e. The summed E-state index contributed by atoms with van der Waals surface area (Å²) in [4.78, 5) is 20.7. The molecule has 11 heavy (non-hydrogen) atoms. The van der Waals surface area contributed by atoms with Crippen LogP contribution in [0.25, 0.3) is 0 Å². The Labute approximate surface area is 63.3 Å². The lowest BCUT2D eigenvalue weighted by Gasteiger charge is -2.00. The van der Waals surface area contributed by atoms with Crippen molar-refractivity contribution in [2.45, 2.75) is 6.42 Å². The smallest absolute Gasteiger partial charge is 0.308 e. The predicted molar refractivity (Wildman–Crippen MR) is 36.6 cm³/mol. The van der Waals surface area contributed by atoms with Crippen molar-refractivity contribution in [2.24, 2.45) is 0 Å². The van der Waals surface area contributed by atoms with Gasteiger partial charge < -0.3 is 15.5 Å². The number of carbonyl (C=O) groups excluding carboxylic acids is 1. The van der Waals surface area contributed by atoms with Crippen molar-refractivity contribution in [1.82, 2.24) is 5.32 Å². The molecular formula is C6H9NO4. The van der Waals surface area contributed by atoms with Gasteiger partial charge in [0.1, 0.15) is 6.73 Å². The first-order valence-corrected chi connectivity index (χ1v) is 2.86. The number of rotatable bonds is 4. The Balaban J connectivity index is 3.83. The number of nitrogens with one attached hydrogen (secondary N) is 1. The second-order valence-corrected chi connectivity index (χ2v) is 1.84. The van der Waals surface area contributed by atoms with E-state index in [1.807, 2.05) is 5.32 Å². The van der Waals surface area contributed by atoms with Crippen LogP contribution in [0.1, 0.15) is 6.42 Å². The van der Waals surface area contributed by atoms with E-state index in [0.717, 1.165) is 0 Å². The van der Waals surface area contributed by atoms with Crippen molar-refractivity contribution in [3.8, 4) is 0 Å². The van der Waals surface area contributed by atoms with Gasteiger partial charge in [0.05, 0.1) is 6.42 Å². The maximum absolute atomic E-state index is 10.6. The number of aliphatic carboxylic acids is 1. The van der Waals surface area contributed by atoms with Gasteiger partial charge in [-0.05, 0) is 0 Å². The topological polar surface area (TPSA) is 86.6 Å². The minimum atomic E-state index is -1.12. The summed E-state index contributed by atoms with van der Waals surface area (Å²) in [5, 5.41) is 18.4. The van der Waals surface area contributed by atoms with Crippen LogP contribution in [0.3, 0.4) is 0 Å². The summed E-state index contributed by atoms with van der Waals surface area (Å²) in [7, 11) is 0. The summed E-state index contributed by atoms with van der Waals surface area (Å²) in [6.07, 6.45) is -0.411. The van der Waals surface area contributed by atoms with E-state index in [1.165, 1.54) is 0 Å². The highest BCUT2D eigenvalue weighted by atomic mass is 16.4. The zero-order valence-corrected chi connectivity index (χ0v) is 5.83. The Morgan fingerprint density at radius 1 is 1.45 bits per heavy atom. The lowest BCUT2D eigenvalue weighted by atomic mass is 10.2. The highest BCUT2D eigenvalue weighted by Crippen LogP contribution is 1.96. The fraction of sp³-hybridized carbons (Fsp3) is 0.333. The molecule has 0 aliphatic rings. The molecule has 0 unspecified atom stereocenters. The molecule has 0 heterocycles. The third-order valence-electron chi connectivity index (χ3n) is 0.925. The summed E-state index contributed by atoms with van der Waals surface area (Å²) < 4.78 is 0. The zero-order valence-electron chi connectivity index (χ0n) is 5.83. The molecule has 0 aliphatic heterocycles. The first kappa shape index (κ1) is 9.64. The van der Waals surface area contributed by atoms with Crippen LogP contribution in [0.2, 0.25) is 0 Å². The van der Waals surface area contributed by atoms with Crippen LogP contribution in [0, 0.1) is 0 Å². The Hall–Kier alpha value is -1.36. The molecule has 0 atom stereocenters. The molecule has 0 saturated heterocycles. The average Bonchev–Trinajstić information content (AvgIpc) is 1.86. The normalized spacial score (nSPS) is 8.82. The molecule has 3 N–H and O–H groups in total. The van der Waals surface area contributed by atoms with Crippen molar-refractivity contribution in [1.29, 1.82) is 0 Å². The van der Waals surface area contributed by atoms with Gasteiger partial charge in [0.25, 0.3) is 0 Å². The Morgan fingerprint density at radius 2 is 2.00 bits per heavy atom. The van der Waals surface area contributed by atoms with E-state index < -0.39 is 25.0 Å². The number of carboxylic acid groups (broad SMARTS) is 1. The van der Waals surface area contributed by atoms with Gasteiger partial charge in [0.2, 0.25) is 5.91 Å². The molecule has 0 spiro atoms. The SMILES string of the molecule is C=C(CC(=O)O)C(=O)NCO. The summed E-state index contributed by atoms with van der Waals surface area (Å²) in [6.45, 7) is 2.69. The first-order valence-electron chi connectivity index (χ1n) is 2.86. The minimum absolute atomic E-state index is 0.0773. The van der Waals surface area contributed by atoms with E-state index >= 15 is 0 Å². The molecule has 0 radical (unpaired) electrons. The molecule has 62 valence electrons. The first-order chi connectivity index (χ1) is 5.07. The lowest BCUT2D eigenvalue weighted by Crippen LogP contribution is -2.26. The third kappa shape index (κ3) is 4.10. The van der Waals surface area contributed by atoms with Gasteiger partial charge in [0.15, 0.2) is 0 Å². The van der Waals surface area contributed by atoms with E-state index in [9.17, 15) is 9.59 Å². The standard InChI is InChI=1S/C6H9NO4/c1-4(2-5(9)10)6(11)7-3-8/h8H,1-3H2,(H,7,11)(H,9,10). The molecule has 0 aromatic carbocycles. The molecule has 0 aliphatic carbocycles. The number of carbonyl (C=O) groups is 2. The van der Waals surface area contributed by atoms with E-state index in [4.69, 9.17) is 10.2 Å². The van der Waals surface area contributed by atoms with E-state index in [0.29, 0.717) is 0 Å². The van der Waals surface area contributed by atoms with Crippen molar-refractivity contribution in [3.05, 3.63) is 12.2 Å². The van der Waals surface area contributed by atoms with Crippen LogP contribution < -0.4 is 5.32 Å². The van der Waals surface area contributed by atoms with Crippen LogP contribution in [-0.2, 0) is 9.59 Å². The van der Waals surface area contributed by atoms with Crippen LogP contribution in [-0.4, -0.2) is 28.8 Å². The number of amides is 1. The van der Waals surface area contributed by atoms with Crippen LogP contribution in [0.15, 0.2) is 12.2 Å². The van der Waals surface area contributed by atoms with Crippen LogP contribution >= 0.6 is 0 Å². The van der Waals surface area contributed by atoms with Gasteiger partial charge in [-0.2, -0.15) is 0 Å². The Bertz CT molecular complexity index is 187. The molecule has 5 heteroatoms. The van der Waals surface area contributed by atoms with E-state index in [1.54, 1.807) is 0 Å². The fourth-order valence-corrected chi connectivity index (χ4v) is 0.460. The highest BCUT2D eigenvalue weighted by molar-refractivity contribution is 5.96. The van der Waals surface area contributed by atoms with Crippen molar-refractivity contribution in [3.63, 3.8) is 0 Å². The third-order valence-corrected chi connectivity index (χ3v) is 0.925. The van der Waals surface area contributed by atoms with Crippen molar-refractivity contribution >= 4 is 11.9 Å². The molecule has 0 bridgehead atoms. The molecule has 5 nitrogen and oxygen atoms in total. The summed E-state index contributed by atoms with van der Waals surface area (Å²) in [6, 6.07) is 0. The second-order valence-electron chi connectivity index (χ2n) is 1.84. The highest BCUT2D eigenvalue weighted by Gasteiger charge is 2.08. The number of carboxylic acids is 1. The minimum Gasteiger partial charge on any atom is -0.481 e. The number of aliphatic hydroxyl groups is 1. The van der Waals surface area contributed by atoms with Crippen LogP contribution in [0.4, 0.5) is 0 Å². The van der Waals surface area contributed by atoms with Gasteiger partial charge >= 0.3 is 5.97 Å². The fourth-order valence-electron chi connectivity index (χ4n) is 0.460. The summed E-state index contributed by atoms with van der Waals surface area (Å²) >= 11 is 0. The van der Waals surface area contributed by atoms with Crippen LogP contribution in [0.5, 0.6) is 0 Å². The lowest BCUT2D eigenvalue weighted by molar-refractivity contribution is -0.137. The maximum atomic E-state index is 10.6. The Kier molecular flexibility index (Phi) is 3.90. The molecule has 0 saturated carbocycles. The van der Waals surface area contributed by atoms with Crippen molar-refractivity contribution in [2.75, 3.05) is 6.73 Å². The molecule has 0 aromatic rings. The predicted octanol–water partition coefficient (Wildman–Crippen LogP) is -0.917. The van der Waals surface area contributed by atoms with Crippen molar-refractivity contribution < 1.29 is 19.8 Å². The van der Waals surface area contributed by atoms with Gasteiger partial charge in [-0.25, -0.2) is 0 Å². The van der Waals surface area contributed by atoms with Gasteiger partial charge in [-0.15, -0.1) is 0 Å². The second kappa shape index (κ2) is 4.45. The average molecular weight is 159 g/mol.